The molecule has 0 saturated heterocycles. The summed E-state index contributed by atoms with van der Waals surface area (Å²) in [5.41, 5.74) is 1.90. The number of methoxy groups -OCH3 is 1. The van der Waals surface area contributed by atoms with Crippen LogP contribution in [0.25, 0.3) is 0 Å². The Kier molecular flexibility index (Phi) is 8.30. The van der Waals surface area contributed by atoms with E-state index in [0.717, 1.165) is 5.75 Å². The van der Waals surface area contributed by atoms with Crippen molar-refractivity contribution >= 4 is 23.2 Å². The highest BCUT2D eigenvalue weighted by atomic mass is 16.5. The summed E-state index contributed by atoms with van der Waals surface area (Å²) in [5.74, 6) is 0.382. The van der Waals surface area contributed by atoms with Crippen LogP contribution in [-0.2, 0) is 9.53 Å². The van der Waals surface area contributed by atoms with Crippen molar-refractivity contribution in [2.24, 2.45) is 0 Å². The first-order chi connectivity index (χ1) is 13.5. The van der Waals surface area contributed by atoms with Gasteiger partial charge < -0.3 is 25.4 Å². The zero-order chi connectivity index (χ0) is 20.4. The van der Waals surface area contributed by atoms with Crippen LogP contribution in [0.1, 0.15) is 24.2 Å². The van der Waals surface area contributed by atoms with Gasteiger partial charge in [0.2, 0.25) is 5.91 Å². The topological polar surface area (TPSA) is 88.7 Å². The summed E-state index contributed by atoms with van der Waals surface area (Å²) in [4.78, 5) is 24.2. The average Bonchev–Trinajstić information content (AvgIpc) is 2.68. The molecular weight excluding hydrogens is 358 g/mol. The summed E-state index contributed by atoms with van der Waals surface area (Å²) in [6.45, 7) is 4.89. The van der Waals surface area contributed by atoms with Gasteiger partial charge >= 0.3 is 0 Å². The first-order valence-electron chi connectivity index (χ1n) is 9.15. The highest BCUT2D eigenvalue weighted by molar-refractivity contribution is 5.96. The van der Waals surface area contributed by atoms with Crippen LogP contribution in [-0.4, -0.2) is 44.7 Å². The van der Waals surface area contributed by atoms with Crippen LogP contribution in [0.4, 0.5) is 11.4 Å². The Labute approximate surface area is 165 Å². The summed E-state index contributed by atoms with van der Waals surface area (Å²) in [6, 6.07) is 14.2. The molecular formula is C21H27N3O4. The van der Waals surface area contributed by atoms with Gasteiger partial charge in [0.15, 0.2) is 0 Å². The van der Waals surface area contributed by atoms with Crippen molar-refractivity contribution in [3.63, 3.8) is 0 Å². The van der Waals surface area contributed by atoms with Gasteiger partial charge in [-0.2, -0.15) is 0 Å². The SMILES string of the molecule is COCCNC(=O)c1cccc(NCC(=O)Nc2ccc(OC(C)C)cc2)c1. The molecule has 2 rings (SSSR count). The van der Waals surface area contributed by atoms with Crippen LogP contribution in [0.2, 0.25) is 0 Å². The third kappa shape index (κ3) is 7.28. The second kappa shape index (κ2) is 10.9. The number of carbonyl (C=O) groups excluding carboxylic acids is 2. The third-order valence-corrected chi connectivity index (χ3v) is 3.68. The summed E-state index contributed by atoms with van der Waals surface area (Å²) in [7, 11) is 1.58. The number of amides is 2. The van der Waals surface area contributed by atoms with Crippen molar-refractivity contribution in [1.29, 1.82) is 0 Å². The van der Waals surface area contributed by atoms with Crippen LogP contribution in [0.5, 0.6) is 5.75 Å². The first kappa shape index (κ1) is 21.2. The molecule has 0 aromatic heterocycles. The van der Waals surface area contributed by atoms with E-state index in [-0.39, 0.29) is 24.5 Å². The Morgan fingerprint density at radius 3 is 2.46 bits per heavy atom. The number of anilines is 2. The van der Waals surface area contributed by atoms with Gasteiger partial charge in [-0.15, -0.1) is 0 Å². The van der Waals surface area contributed by atoms with E-state index < -0.39 is 0 Å². The Morgan fingerprint density at radius 1 is 1.04 bits per heavy atom. The minimum absolute atomic E-state index is 0.0823. The maximum Gasteiger partial charge on any atom is 0.251 e. The first-order valence-corrected chi connectivity index (χ1v) is 9.15. The average molecular weight is 385 g/mol. The van der Waals surface area contributed by atoms with Crippen LogP contribution in [0.3, 0.4) is 0 Å². The van der Waals surface area contributed by atoms with E-state index in [1.165, 1.54) is 0 Å². The lowest BCUT2D eigenvalue weighted by Gasteiger charge is -2.11. The van der Waals surface area contributed by atoms with Gasteiger partial charge in [-0.25, -0.2) is 0 Å². The van der Waals surface area contributed by atoms with Gasteiger partial charge in [0, 0.05) is 30.6 Å². The van der Waals surface area contributed by atoms with Crippen molar-refractivity contribution in [3.8, 4) is 5.75 Å². The molecule has 0 spiro atoms. The molecule has 3 N–H and O–H groups in total. The monoisotopic (exact) mass is 385 g/mol. The van der Waals surface area contributed by atoms with Crippen LogP contribution in [0.15, 0.2) is 48.5 Å². The van der Waals surface area contributed by atoms with E-state index in [4.69, 9.17) is 9.47 Å². The van der Waals surface area contributed by atoms with Gasteiger partial charge in [0.25, 0.3) is 5.91 Å². The fourth-order valence-electron chi connectivity index (χ4n) is 2.42. The molecule has 0 fully saturated rings. The molecule has 7 heteroatoms. The Bertz CT molecular complexity index is 775. The van der Waals surface area contributed by atoms with Crippen molar-refractivity contribution in [2.45, 2.75) is 20.0 Å². The molecule has 0 bridgehead atoms. The minimum atomic E-state index is -0.188. The summed E-state index contributed by atoms with van der Waals surface area (Å²) < 4.78 is 10.5. The molecule has 0 unspecified atom stereocenters. The molecule has 7 nitrogen and oxygen atoms in total. The van der Waals surface area contributed by atoms with Gasteiger partial charge in [0.1, 0.15) is 5.75 Å². The minimum Gasteiger partial charge on any atom is -0.491 e. The van der Waals surface area contributed by atoms with Crippen LogP contribution >= 0.6 is 0 Å². The second-order valence-electron chi connectivity index (χ2n) is 6.42. The zero-order valence-electron chi connectivity index (χ0n) is 16.5. The second-order valence-corrected chi connectivity index (χ2v) is 6.42. The standard InChI is InChI=1S/C21H27N3O4/c1-15(2)28-19-9-7-17(8-10-19)24-20(25)14-23-18-6-4-5-16(13-18)21(26)22-11-12-27-3/h4-10,13,15,23H,11-12,14H2,1-3H3,(H,22,26)(H,24,25). The van der Waals surface area contributed by atoms with Gasteiger partial charge in [0.05, 0.1) is 19.3 Å². The number of hydrogen-bond acceptors (Lipinski definition) is 5. The Morgan fingerprint density at radius 2 is 1.79 bits per heavy atom. The van der Waals surface area contributed by atoms with Crippen molar-refractivity contribution in [3.05, 3.63) is 54.1 Å². The van der Waals surface area contributed by atoms with Gasteiger partial charge in [-0.1, -0.05) is 6.07 Å². The number of hydrogen-bond donors (Lipinski definition) is 3. The lowest BCUT2D eigenvalue weighted by molar-refractivity contribution is -0.114. The lowest BCUT2D eigenvalue weighted by atomic mass is 10.2. The number of nitrogens with one attached hydrogen (secondary N) is 3. The fourth-order valence-corrected chi connectivity index (χ4v) is 2.42. The van der Waals surface area contributed by atoms with Crippen molar-refractivity contribution < 1.29 is 19.1 Å². The van der Waals surface area contributed by atoms with Crippen LogP contribution in [0, 0.1) is 0 Å². The van der Waals surface area contributed by atoms with E-state index in [9.17, 15) is 9.59 Å². The van der Waals surface area contributed by atoms with Gasteiger partial charge in [-0.05, 0) is 56.3 Å². The maximum absolute atomic E-state index is 12.1. The molecule has 2 aromatic rings. The van der Waals surface area contributed by atoms with E-state index in [2.05, 4.69) is 16.0 Å². The summed E-state index contributed by atoms with van der Waals surface area (Å²) in [6.07, 6.45) is 0.0995. The lowest BCUT2D eigenvalue weighted by Crippen LogP contribution is -2.27. The number of ether oxygens (including phenoxy) is 2. The Hall–Kier alpha value is -3.06. The van der Waals surface area contributed by atoms with Gasteiger partial charge in [-0.3, -0.25) is 9.59 Å². The third-order valence-electron chi connectivity index (χ3n) is 3.68. The van der Waals surface area contributed by atoms with E-state index >= 15 is 0 Å². The predicted molar refractivity (Wildman–Crippen MR) is 110 cm³/mol. The molecule has 28 heavy (non-hydrogen) atoms. The van der Waals surface area contributed by atoms with Crippen molar-refractivity contribution in [1.82, 2.24) is 5.32 Å². The molecule has 0 radical (unpaired) electrons. The summed E-state index contributed by atoms with van der Waals surface area (Å²) in [5, 5.41) is 8.60. The smallest absolute Gasteiger partial charge is 0.251 e. The Balaban J connectivity index is 1.83. The molecule has 0 saturated carbocycles. The molecule has 0 atom stereocenters. The number of benzene rings is 2. The fraction of sp³-hybridized carbons (Fsp3) is 0.333. The predicted octanol–water partition coefficient (Wildman–Crippen LogP) is 2.90. The largest absolute Gasteiger partial charge is 0.491 e. The highest BCUT2D eigenvalue weighted by Crippen LogP contribution is 2.17. The number of rotatable bonds is 10. The quantitative estimate of drug-likeness (QED) is 0.547. The maximum atomic E-state index is 12.1. The molecule has 0 aliphatic heterocycles. The van der Waals surface area contributed by atoms with E-state index in [1.54, 1.807) is 43.5 Å². The highest BCUT2D eigenvalue weighted by Gasteiger charge is 2.07. The van der Waals surface area contributed by atoms with E-state index in [1.807, 2.05) is 26.0 Å². The molecule has 2 aromatic carbocycles. The molecule has 150 valence electrons. The molecule has 0 aliphatic rings. The van der Waals surface area contributed by atoms with Crippen molar-refractivity contribution in [2.75, 3.05) is 37.4 Å². The van der Waals surface area contributed by atoms with Crippen LogP contribution < -0.4 is 20.7 Å². The normalized spacial score (nSPS) is 10.4. The van der Waals surface area contributed by atoms with E-state index in [0.29, 0.717) is 30.1 Å². The number of carbonyl (C=O) groups is 2. The summed E-state index contributed by atoms with van der Waals surface area (Å²) >= 11 is 0. The molecule has 2 amide bonds. The molecule has 0 aliphatic carbocycles. The molecule has 0 heterocycles. The zero-order valence-corrected chi connectivity index (χ0v) is 16.5.